The van der Waals surface area contributed by atoms with Crippen molar-refractivity contribution in [2.75, 3.05) is 6.61 Å². The Balaban J connectivity index is 2.63. The summed E-state index contributed by atoms with van der Waals surface area (Å²) < 4.78 is 4.58. The second-order valence-electron chi connectivity index (χ2n) is 2.72. The quantitative estimate of drug-likeness (QED) is 0.273. The van der Waals surface area contributed by atoms with Gasteiger partial charge < -0.3 is 30.3 Å². The van der Waals surface area contributed by atoms with Crippen molar-refractivity contribution in [1.29, 1.82) is 0 Å². The van der Waals surface area contributed by atoms with Crippen LogP contribution in [0.3, 0.4) is 0 Å². The molecule has 0 spiro atoms. The molecule has 6 heteroatoms. The maximum Gasteiger partial charge on any atom is 0.184 e. The van der Waals surface area contributed by atoms with E-state index in [9.17, 15) is 0 Å². The number of aliphatic hydroxyl groups is 5. The molecule has 0 amide bonds. The summed E-state index contributed by atoms with van der Waals surface area (Å²) in [5, 5.41) is 44.7. The zero-order chi connectivity index (χ0) is 9.30. The summed E-state index contributed by atoms with van der Waals surface area (Å²) >= 11 is 0. The molecule has 0 aliphatic carbocycles. The van der Waals surface area contributed by atoms with Crippen molar-refractivity contribution in [1.82, 2.24) is 0 Å². The summed E-state index contributed by atoms with van der Waals surface area (Å²) in [4.78, 5) is 0. The largest absolute Gasteiger partial charge is 0.394 e. The molecule has 72 valence electrons. The maximum atomic E-state index is 9.12. The van der Waals surface area contributed by atoms with Gasteiger partial charge in [0.05, 0.1) is 6.61 Å². The van der Waals surface area contributed by atoms with Crippen LogP contribution in [0.2, 0.25) is 0 Å². The van der Waals surface area contributed by atoms with Gasteiger partial charge in [0.1, 0.15) is 24.4 Å². The van der Waals surface area contributed by atoms with Crippen LogP contribution in [0, 0.1) is 0 Å². The molecule has 6 nitrogen and oxygen atoms in total. The number of hydrogen-bond acceptors (Lipinski definition) is 6. The van der Waals surface area contributed by atoms with Gasteiger partial charge in [-0.1, -0.05) is 0 Å². The van der Waals surface area contributed by atoms with Crippen LogP contribution in [-0.4, -0.2) is 62.8 Å². The van der Waals surface area contributed by atoms with Crippen molar-refractivity contribution < 1.29 is 30.3 Å². The van der Waals surface area contributed by atoms with E-state index >= 15 is 0 Å². The van der Waals surface area contributed by atoms with E-state index < -0.39 is 37.3 Å². The van der Waals surface area contributed by atoms with Crippen molar-refractivity contribution in [2.45, 2.75) is 30.7 Å². The summed E-state index contributed by atoms with van der Waals surface area (Å²) in [7, 11) is 0. The Bertz CT molecular complexity index is 146. The molecular weight excluding hydrogens is 170 g/mol. The van der Waals surface area contributed by atoms with Crippen LogP contribution in [0.1, 0.15) is 0 Å². The molecule has 1 fully saturated rings. The molecule has 0 aromatic rings. The lowest BCUT2D eigenvalue weighted by atomic mass is 10.00. The fourth-order valence-electron chi connectivity index (χ4n) is 1.08. The molecule has 5 atom stereocenters. The summed E-state index contributed by atoms with van der Waals surface area (Å²) in [6.45, 7) is -0.526. The van der Waals surface area contributed by atoms with E-state index in [1.165, 1.54) is 0 Å². The molecule has 0 saturated carbocycles. The Kier molecular flexibility index (Phi) is 2.99. The minimum Gasteiger partial charge on any atom is -0.394 e. The molecule has 0 radical (unpaired) electrons. The summed E-state index contributed by atoms with van der Waals surface area (Å²) in [5.41, 5.74) is 0. The SMILES string of the molecule is OC[C@H]1OC([18OH])[C@H](O)[C@@H](O)[C@@H]1O. The van der Waals surface area contributed by atoms with Gasteiger partial charge in [0.25, 0.3) is 0 Å². The second kappa shape index (κ2) is 3.65. The first-order chi connectivity index (χ1) is 5.57. The molecule has 0 bridgehead atoms. The molecule has 1 heterocycles. The summed E-state index contributed by atoms with van der Waals surface area (Å²) in [6, 6.07) is 0. The van der Waals surface area contributed by atoms with Crippen LogP contribution in [0.5, 0.6) is 0 Å². The van der Waals surface area contributed by atoms with Crippen LogP contribution in [-0.2, 0) is 4.74 Å². The van der Waals surface area contributed by atoms with Gasteiger partial charge >= 0.3 is 0 Å². The molecule has 1 aliphatic rings. The highest BCUT2D eigenvalue weighted by Crippen LogP contribution is 2.18. The molecule has 0 aromatic carbocycles. The average Bonchev–Trinajstić information content (AvgIpc) is 2.08. The third kappa shape index (κ3) is 1.58. The normalized spacial score (nSPS) is 49.2. The van der Waals surface area contributed by atoms with Crippen LogP contribution < -0.4 is 0 Å². The zero-order valence-corrected chi connectivity index (χ0v) is 6.24. The molecule has 12 heavy (non-hydrogen) atoms. The first kappa shape index (κ1) is 9.85. The summed E-state index contributed by atoms with van der Waals surface area (Å²) in [6.07, 6.45) is -7.04. The highest BCUT2D eigenvalue weighted by Gasteiger charge is 2.42. The lowest BCUT2D eigenvalue weighted by molar-refractivity contribution is -0.286. The number of ether oxygens (including phenoxy) is 1. The van der Waals surface area contributed by atoms with Gasteiger partial charge in [-0.3, -0.25) is 0 Å². The van der Waals surface area contributed by atoms with Crippen molar-refractivity contribution in [3.05, 3.63) is 0 Å². The van der Waals surface area contributed by atoms with Gasteiger partial charge in [-0.25, -0.2) is 0 Å². The maximum absolute atomic E-state index is 9.12. The Morgan fingerprint density at radius 2 is 1.67 bits per heavy atom. The molecule has 5 N–H and O–H groups in total. The van der Waals surface area contributed by atoms with Gasteiger partial charge in [0.2, 0.25) is 0 Å². The fraction of sp³-hybridized carbons (Fsp3) is 1.00. The van der Waals surface area contributed by atoms with Crippen molar-refractivity contribution >= 4 is 0 Å². The van der Waals surface area contributed by atoms with E-state index in [1.54, 1.807) is 0 Å². The van der Waals surface area contributed by atoms with Gasteiger partial charge in [-0.15, -0.1) is 0 Å². The third-order valence-corrected chi connectivity index (χ3v) is 1.87. The highest BCUT2D eigenvalue weighted by atomic mass is 18.2. The zero-order valence-electron chi connectivity index (χ0n) is 6.24. The summed E-state index contributed by atoms with van der Waals surface area (Å²) in [5.74, 6) is 0. The van der Waals surface area contributed by atoms with E-state index in [0.29, 0.717) is 0 Å². The fourth-order valence-corrected chi connectivity index (χ4v) is 1.08. The average molecular weight is 182 g/mol. The van der Waals surface area contributed by atoms with Crippen LogP contribution >= 0.6 is 0 Å². The lowest BCUT2D eigenvalue weighted by Gasteiger charge is -2.37. The first-order valence-corrected chi connectivity index (χ1v) is 3.56. The Morgan fingerprint density at radius 3 is 2.17 bits per heavy atom. The van der Waals surface area contributed by atoms with E-state index in [0.717, 1.165) is 0 Å². The smallest absolute Gasteiger partial charge is 0.184 e. The predicted octanol–water partition coefficient (Wildman–Crippen LogP) is -3.22. The molecular formula is C6H12O6. The van der Waals surface area contributed by atoms with Gasteiger partial charge in [-0.2, -0.15) is 0 Å². The Morgan fingerprint density at radius 1 is 1.08 bits per heavy atom. The van der Waals surface area contributed by atoms with E-state index in [4.69, 9.17) is 25.5 Å². The van der Waals surface area contributed by atoms with Gasteiger partial charge in [-0.05, 0) is 0 Å². The molecule has 1 saturated heterocycles. The van der Waals surface area contributed by atoms with E-state index in [1.807, 2.05) is 0 Å². The molecule has 1 unspecified atom stereocenters. The minimum atomic E-state index is -1.57. The first-order valence-electron chi connectivity index (χ1n) is 3.56. The Labute approximate surface area is 68.6 Å². The van der Waals surface area contributed by atoms with Gasteiger partial charge in [0, 0.05) is 0 Å². The number of hydrogen-bond donors (Lipinski definition) is 5. The van der Waals surface area contributed by atoms with Crippen molar-refractivity contribution in [2.24, 2.45) is 0 Å². The molecule has 1 aliphatic heterocycles. The van der Waals surface area contributed by atoms with Crippen molar-refractivity contribution in [3.8, 4) is 0 Å². The van der Waals surface area contributed by atoms with E-state index in [2.05, 4.69) is 4.74 Å². The minimum absolute atomic E-state index is 0.526. The number of aliphatic hydroxyl groups excluding tert-OH is 5. The molecule has 0 aromatic heterocycles. The van der Waals surface area contributed by atoms with E-state index in [-0.39, 0.29) is 0 Å². The lowest BCUT2D eigenvalue weighted by Crippen LogP contribution is -2.58. The van der Waals surface area contributed by atoms with Crippen LogP contribution in [0.4, 0.5) is 0 Å². The van der Waals surface area contributed by atoms with Gasteiger partial charge in [0.15, 0.2) is 6.29 Å². The van der Waals surface area contributed by atoms with Crippen LogP contribution in [0.25, 0.3) is 0 Å². The molecule has 1 rings (SSSR count). The number of rotatable bonds is 1. The van der Waals surface area contributed by atoms with Crippen molar-refractivity contribution in [3.63, 3.8) is 0 Å². The van der Waals surface area contributed by atoms with Crippen LogP contribution in [0.15, 0.2) is 0 Å². The predicted molar refractivity (Wildman–Crippen MR) is 36.0 cm³/mol. The Hall–Kier alpha value is -0.240. The highest BCUT2D eigenvalue weighted by molar-refractivity contribution is 4.87. The monoisotopic (exact) mass is 182 g/mol. The second-order valence-corrected chi connectivity index (χ2v) is 2.72. The third-order valence-electron chi connectivity index (χ3n) is 1.87. The standard InChI is InChI=1S/C6H12O6/c7-1-2-3(8)4(9)5(10)6(11)12-2/h2-11H,1H2/t2-,3-,4+,5-,6?/m1/s1/i11+2. The topological polar surface area (TPSA) is 110 Å².